The number of hydrogen-bond donors (Lipinski definition) is 1. The number of piperazine rings is 1. The predicted octanol–water partition coefficient (Wildman–Crippen LogP) is 2.23. The van der Waals surface area contributed by atoms with Gasteiger partial charge in [-0.3, -0.25) is 4.90 Å². The van der Waals surface area contributed by atoms with Crippen LogP contribution in [0.1, 0.15) is 11.4 Å². The quantitative estimate of drug-likeness (QED) is 0.575. The van der Waals surface area contributed by atoms with Gasteiger partial charge in [0.15, 0.2) is 0 Å². The zero-order valence-corrected chi connectivity index (χ0v) is 18.3. The first-order chi connectivity index (χ1) is 14.6. The first-order valence-electron chi connectivity index (χ1n) is 9.99. The van der Waals surface area contributed by atoms with E-state index < -0.39 is 10.0 Å². The number of anilines is 1. The van der Waals surface area contributed by atoms with E-state index in [1.807, 2.05) is 18.2 Å². The van der Waals surface area contributed by atoms with E-state index >= 15 is 0 Å². The lowest BCUT2D eigenvalue weighted by Crippen LogP contribution is -2.48. The van der Waals surface area contributed by atoms with E-state index in [1.165, 1.54) is 17.1 Å². The maximum Gasteiger partial charge on any atom is 0.240 e. The molecule has 1 aromatic heterocycles. The molecular weight excluding hydrogens is 418 g/mol. The van der Waals surface area contributed by atoms with Crippen molar-refractivity contribution in [3.8, 4) is 0 Å². The monoisotopic (exact) mass is 443 g/mol. The summed E-state index contributed by atoms with van der Waals surface area (Å²) in [7, 11) is -3.44. The zero-order chi connectivity index (χ0) is 20.8. The van der Waals surface area contributed by atoms with Crippen LogP contribution in [0.2, 0.25) is 0 Å². The van der Waals surface area contributed by atoms with Crippen molar-refractivity contribution >= 4 is 26.7 Å². The van der Waals surface area contributed by atoms with Crippen LogP contribution in [0.15, 0.2) is 65.6 Å². The number of hydrogen-bond acceptors (Lipinski definition) is 7. The maximum absolute atomic E-state index is 12.3. The molecule has 1 aliphatic heterocycles. The van der Waals surface area contributed by atoms with Crippen LogP contribution in [0.4, 0.5) is 5.13 Å². The first kappa shape index (κ1) is 20.9. The summed E-state index contributed by atoms with van der Waals surface area (Å²) in [5.74, 6) is 0.860. The number of benzene rings is 2. The average Bonchev–Trinajstić information content (AvgIpc) is 3.24. The van der Waals surface area contributed by atoms with Gasteiger partial charge in [-0.1, -0.05) is 48.5 Å². The molecule has 4 rings (SSSR count). The Bertz CT molecular complexity index is 1030. The number of rotatable bonds is 8. The fourth-order valence-corrected chi connectivity index (χ4v) is 5.19. The lowest BCUT2D eigenvalue weighted by molar-refractivity contribution is 0.262. The van der Waals surface area contributed by atoms with Gasteiger partial charge in [-0.15, -0.1) is 0 Å². The molecule has 0 atom stereocenters. The smallest absolute Gasteiger partial charge is 0.240 e. The summed E-state index contributed by atoms with van der Waals surface area (Å²) in [5.41, 5.74) is 1.21. The number of nitrogens with zero attached hydrogens (tertiary/aromatic N) is 4. The van der Waals surface area contributed by atoms with Crippen LogP contribution in [-0.4, -0.2) is 61.9 Å². The molecular formula is C21H25N5O2S2. The van der Waals surface area contributed by atoms with Gasteiger partial charge in [0.25, 0.3) is 0 Å². The Kier molecular flexibility index (Phi) is 6.73. The predicted molar refractivity (Wildman–Crippen MR) is 119 cm³/mol. The zero-order valence-electron chi connectivity index (χ0n) is 16.6. The Balaban J connectivity index is 1.23. The van der Waals surface area contributed by atoms with Gasteiger partial charge >= 0.3 is 0 Å². The third-order valence-corrected chi connectivity index (χ3v) is 7.37. The lowest BCUT2D eigenvalue weighted by atomic mass is 10.1. The highest BCUT2D eigenvalue weighted by molar-refractivity contribution is 7.89. The molecule has 1 fully saturated rings. The van der Waals surface area contributed by atoms with Gasteiger partial charge in [-0.2, -0.15) is 4.37 Å². The standard InChI is InChI=1S/C21H25N5O2S2/c27-30(28,19-9-5-2-6-10-19)22-11-12-25-13-15-26(16-14-25)21-23-20(24-29-21)17-18-7-3-1-4-8-18/h1-10,22H,11-17H2. The number of nitrogens with one attached hydrogen (secondary N) is 1. The average molecular weight is 444 g/mol. The van der Waals surface area contributed by atoms with Crippen LogP contribution in [0, 0.1) is 0 Å². The van der Waals surface area contributed by atoms with E-state index in [2.05, 4.69) is 31.0 Å². The van der Waals surface area contributed by atoms with Crippen molar-refractivity contribution in [1.82, 2.24) is 19.0 Å². The van der Waals surface area contributed by atoms with E-state index in [4.69, 9.17) is 4.98 Å². The second kappa shape index (κ2) is 9.65. The normalized spacial score (nSPS) is 15.4. The molecule has 0 radical (unpaired) electrons. The molecule has 0 aliphatic carbocycles. The lowest BCUT2D eigenvalue weighted by Gasteiger charge is -2.34. The minimum absolute atomic E-state index is 0.303. The third kappa shape index (κ3) is 5.42. The molecule has 2 heterocycles. The van der Waals surface area contributed by atoms with Gasteiger partial charge in [-0.05, 0) is 17.7 Å². The van der Waals surface area contributed by atoms with Crippen molar-refractivity contribution in [3.05, 3.63) is 72.1 Å². The summed E-state index contributed by atoms with van der Waals surface area (Å²) in [6.45, 7) is 4.57. The highest BCUT2D eigenvalue weighted by Gasteiger charge is 2.21. The minimum Gasteiger partial charge on any atom is -0.344 e. The minimum atomic E-state index is -3.44. The van der Waals surface area contributed by atoms with Crippen LogP contribution in [-0.2, 0) is 16.4 Å². The molecule has 2 aromatic carbocycles. The third-order valence-electron chi connectivity index (χ3n) is 5.08. The topological polar surface area (TPSA) is 78.4 Å². The molecule has 9 heteroatoms. The molecule has 30 heavy (non-hydrogen) atoms. The van der Waals surface area contributed by atoms with Crippen LogP contribution in [0.5, 0.6) is 0 Å². The Morgan fingerprint density at radius 3 is 2.30 bits per heavy atom. The van der Waals surface area contributed by atoms with E-state index in [0.29, 0.717) is 18.0 Å². The molecule has 3 aromatic rings. The molecule has 158 valence electrons. The number of sulfonamides is 1. The molecule has 1 saturated heterocycles. The van der Waals surface area contributed by atoms with Gasteiger partial charge in [0.2, 0.25) is 15.2 Å². The fraction of sp³-hybridized carbons (Fsp3) is 0.333. The molecule has 0 unspecified atom stereocenters. The van der Waals surface area contributed by atoms with Crippen molar-refractivity contribution < 1.29 is 8.42 Å². The Morgan fingerprint density at radius 2 is 1.60 bits per heavy atom. The van der Waals surface area contributed by atoms with Crippen molar-refractivity contribution in [2.24, 2.45) is 0 Å². The second-order valence-corrected chi connectivity index (χ2v) is 9.69. The van der Waals surface area contributed by atoms with Gasteiger partial charge in [0.1, 0.15) is 5.82 Å². The molecule has 0 saturated carbocycles. The largest absolute Gasteiger partial charge is 0.344 e. The maximum atomic E-state index is 12.3. The number of aromatic nitrogens is 2. The highest BCUT2D eigenvalue weighted by atomic mass is 32.2. The molecule has 7 nitrogen and oxygen atoms in total. The summed E-state index contributed by atoms with van der Waals surface area (Å²) >= 11 is 1.45. The fourth-order valence-electron chi connectivity index (χ4n) is 3.41. The van der Waals surface area contributed by atoms with Gasteiger partial charge in [0, 0.05) is 57.2 Å². The van der Waals surface area contributed by atoms with Gasteiger partial charge in [-0.25, -0.2) is 18.1 Å². The van der Waals surface area contributed by atoms with E-state index in [9.17, 15) is 8.42 Å². The molecule has 0 spiro atoms. The van der Waals surface area contributed by atoms with Crippen molar-refractivity contribution in [2.75, 3.05) is 44.2 Å². The van der Waals surface area contributed by atoms with Crippen molar-refractivity contribution in [1.29, 1.82) is 0 Å². The van der Waals surface area contributed by atoms with Crippen LogP contribution >= 0.6 is 11.5 Å². The van der Waals surface area contributed by atoms with Gasteiger partial charge < -0.3 is 4.90 Å². The summed E-state index contributed by atoms with van der Waals surface area (Å²) < 4.78 is 31.8. The Morgan fingerprint density at radius 1 is 0.933 bits per heavy atom. The van der Waals surface area contributed by atoms with Crippen molar-refractivity contribution in [2.45, 2.75) is 11.3 Å². The molecule has 1 N–H and O–H groups in total. The Hall–Kier alpha value is -2.33. The van der Waals surface area contributed by atoms with Gasteiger partial charge in [0.05, 0.1) is 4.90 Å². The molecule has 0 amide bonds. The van der Waals surface area contributed by atoms with Crippen LogP contribution in [0.25, 0.3) is 0 Å². The van der Waals surface area contributed by atoms with Crippen molar-refractivity contribution in [3.63, 3.8) is 0 Å². The Labute approximate surface area is 181 Å². The van der Waals surface area contributed by atoms with Crippen LogP contribution < -0.4 is 9.62 Å². The SMILES string of the molecule is O=S(=O)(NCCN1CCN(c2nc(Cc3ccccc3)ns2)CC1)c1ccccc1. The second-order valence-electron chi connectivity index (χ2n) is 7.20. The molecule has 0 bridgehead atoms. The highest BCUT2D eigenvalue weighted by Crippen LogP contribution is 2.20. The molecule has 1 aliphatic rings. The summed E-state index contributed by atoms with van der Waals surface area (Å²) in [4.78, 5) is 9.54. The summed E-state index contributed by atoms with van der Waals surface area (Å²) in [6, 6.07) is 18.7. The van der Waals surface area contributed by atoms with E-state index in [1.54, 1.807) is 30.3 Å². The van der Waals surface area contributed by atoms with Crippen LogP contribution in [0.3, 0.4) is 0 Å². The van der Waals surface area contributed by atoms with E-state index in [0.717, 1.165) is 43.6 Å². The van der Waals surface area contributed by atoms with E-state index in [-0.39, 0.29) is 0 Å². The summed E-state index contributed by atoms with van der Waals surface area (Å²) in [6.07, 6.45) is 0.749. The summed E-state index contributed by atoms with van der Waals surface area (Å²) in [5, 5.41) is 0.963. The first-order valence-corrected chi connectivity index (χ1v) is 12.2.